The highest BCUT2D eigenvalue weighted by Gasteiger charge is 2.13. The van der Waals surface area contributed by atoms with Crippen LogP contribution < -0.4 is 5.32 Å². The Morgan fingerprint density at radius 2 is 2.16 bits per heavy atom. The second-order valence-electron chi connectivity index (χ2n) is 3.82. The molecule has 0 aliphatic rings. The summed E-state index contributed by atoms with van der Waals surface area (Å²) in [6, 6.07) is 6.07. The minimum atomic E-state index is -1.14. The highest BCUT2D eigenvalue weighted by molar-refractivity contribution is 9.10. The van der Waals surface area contributed by atoms with E-state index < -0.39 is 5.97 Å². The Labute approximate surface area is 117 Å². The summed E-state index contributed by atoms with van der Waals surface area (Å²) in [6.07, 6.45) is 1.75. The maximum absolute atomic E-state index is 12.0. The third-order valence-corrected chi connectivity index (χ3v) is 2.85. The van der Waals surface area contributed by atoms with Gasteiger partial charge in [0.25, 0.3) is 5.91 Å². The SMILES string of the molecule is Cn1cc(Br)cc1C(=O)Nc1cccc(C(=O)O)n1. The predicted molar refractivity (Wildman–Crippen MR) is 72.3 cm³/mol. The molecule has 0 saturated heterocycles. The number of carboxylic acid groups (broad SMARTS) is 1. The first-order chi connectivity index (χ1) is 8.97. The van der Waals surface area contributed by atoms with E-state index in [-0.39, 0.29) is 17.4 Å². The van der Waals surface area contributed by atoms with Crippen LogP contribution in [0.5, 0.6) is 0 Å². The van der Waals surface area contributed by atoms with Crippen molar-refractivity contribution in [2.24, 2.45) is 7.05 Å². The van der Waals surface area contributed by atoms with E-state index in [4.69, 9.17) is 5.11 Å². The summed E-state index contributed by atoms with van der Waals surface area (Å²) in [5, 5.41) is 11.4. The number of halogens is 1. The molecule has 0 bridgehead atoms. The Balaban J connectivity index is 2.21. The molecule has 19 heavy (non-hydrogen) atoms. The lowest BCUT2D eigenvalue weighted by Crippen LogP contribution is -2.16. The molecule has 2 N–H and O–H groups in total. The first-order valence-corrected chi connectivity index (χ1v) is 6.10. The van der Waals surface area contributed by atoms with Gasteiger partial charge >= 0.3 is 5.97 Å². The van der Waals surface area contributed by atoms with Crippen LogP contribution in [0.3, 0.4) is 0 Å². The Morgan fingerprint density at radius 3 is 2.74 bits per heavy atom. The molecule has 0 aliphatic carbocycles. The van der Waals surface area contributed by atoms with E-state index in [0.29, 0.717) is 5.69 Å². The number of pyridine rings is 1. The van der Waals surface area contributed by atoms with Gasteiger partial charge in [0.15, 0.2) is 5.69 Å². The average Bonchev–Trinajstić information content (AvgIpc) is 2.69. The zero-order chi connectivity index (χ0) is 14.0. The molecule has 2 aromatic heterocycles. The van der Waals surface area contributed by atoms with Gasteiger partial charge in [-0.2, -0.15) is 0 Å². The van der Waals surface area contributed by atoms with E-state index in [1.165, 1.54) is 18.2 Å². The molecule has 2 aromatic rings. The molecule has 98 valence electrons. The van der Waals surface area contributed by atoms with Crippen LogP contribution in [0.15, 0.2) is 34.9 Å². The van der Waals surface area contributed by atoms with E-state index in [1.807, 2.05) is 0 Å². The Kier molecular flexibility index (Phi) is 3.66. The van der Waals surface area contributed by atoms with Gasteiger partial charge in [-0.3, -0.25) is 4.79 Å². The van der Waals surface area contributed by atoms with Gasteiger partial charge in [-0.25, -0.2) is 9.78 Å². The van der Waals surface area contributed by atoms with Crippen molar-refractivity contribution in [3.8, 4) is 0 Å². The summed E-state index contributed by atoms with van der Waals surface area (Å²) in [5.41, 5.74) is 0.320. The van der Waals surface area contributed by atoms with Gasteiger partial charge in [0.05, 0.1) is 0 Å². The van der Waals surface area contributed by atoms with Crippen LogP contribution in [-0.4, -0.2) is 26.5 Å². The quantitative estimate of drug-likeness (QED) is 0.906. The topological polar surface area (TPSA) is 84.2 Å². The third-order valence-electron chi connectivity index (χ3n) is 2.41. The summed E-state index contributed by atoms with van der Waals surface area (Å²) >= 11 is 3.27. The highest BCUT2D eigenvalue weighted by Crippen LogP contribution is 2.15. The summed E-state index contributed by atoms with van der Waals surface area (Å²) in [6.45, 7) is 0. The number of hydrogen-bond acceptors (Lipinski definition) is 3. The summed E-state index contributed by atoms with van der Waals surface area (Å²) < 4.78 is 2.44. The fraction of sp³-hybridized carbons (Fsp3) is 0.0833. The standard InChI is InChI=1S/C12H10BrN3O3/c1-16-6-7(13)5-9(16)11(17)15-10-4-2-3-8(14-10)12(18)19/h2-6H,1H3,(H,18,19)(H,14,15,17). The Bertz CT molecular complexity index is 651. The van der Waals surface area contributed by atoms with E-state index in [9.17, 15) is 9.59 Å². The number of nitrogens with zero attached hydrogens (tertiary/aromatic N) is 2. The van der Waals surface area contributed by atoms with Crippen molar-refractivity contribution < 1.29 is 14.7 Å². The lowest BCUT2D eigenvalue weighted by Gasteiger charge is -2.05. The van der Waals surface area contributed by atoms with Gasteiger partial charge in [-0.1, -0.05) is 6.07 Å². The van der Waals surface area contributed by atoms with Gasteiger partial charge in [0.1, 0.15) is 11.5 Å². The first kappa shape index (κ1) is 13.3. The number of carbonyl (C=O) groups excluding carboxylic acids is 1. The maximum Gasteiger partial charge on any atom is 0.354 e. The van der Waals surface area contributed by atoms with Crippen molar-refractivity contribution in [2.75, 3.05) is 5.32 Å². The second kappa shape index (κ2) is 5.23. The summed E-state index contributed by atoms with van der Waals surface area (Å²) in [4.78, 5) is 26.6. The maximum atomic E-state index is 12.0. The molecule has 0 atom stereocenters. The lowest BCUT2D eigenvalue weighted by atomic mass is 10.3. The number of aromatic nitrogens is 2. The largest absolute Gasteiger partial charge is 0.477 e. The number of anilines is 1. The second-order valence-corrected chi connectivity index (χ2v) is 4.74. The Morgan fingerprint density at radius 1 is 1.42 bits per heavy atom. The molecular formula is C12H10BrN3O3. The smallest absolute Gasteiger partial charge is 0.354 e. The zero-order valence-electron chi connectivity index (χ0n) is 9.92. The minimum Gasteiger partial charge on any atom is -0.477 e. The molecule has 0 radical (unpaired) electrons. The molecule has 0 unspecified atom stereocenters. The molecule has 7 heteroatoms. The predicted octanol–water partition coefficient (Wildman–Crippen LogP) is 2.13. The van der Waals surface area contributed by atoms with Gasteiger partial charge < -0.3 is 15.0 Å². The number of aryl methyl sites for hydroxylation is 1. The van der Waals surface area contributed by atoms with Crippen LogP contribution in [0.1, 0.15) is 21.0 Å². The third kappa shape index (κ3) is 3.00. The summed E-state index contributed by atoms with van der Waals surface area (Å²) in [7, 11) is 1.74. The Hall–Kier alpha value is -2.15. The van der Waals surface area contributed by atoms with Crippen LogP contribution >= 0.6 is 15.9 Å². The van der Waals surface area contributed by atoms with Crippen molar-refractivity contribution in [2.45, 2.75) is 0 Å². The number of rotatable bonds is 3. The molecule has 2 heterocycles. The minimum absolute atomic E-state index is 0.120. The number of hydrogen-bond donors (Lipinski definition) is 2. The van der Waals surface area contributed by atoms with E-state index in [2.05, 4.69) is 26.2 Å². The van der Waals surface area contributed by atoms with Crippen LogP contribution in [0, 0.1) is 0 Å². The van der Waals surface area contributed by atoms with Crippen molar-refractivity contribution in [1.82, 2.24) is 9.55 Å². The fourth-order valence-electron chi connectivity index (χ4n) is 1.55. The van der Waals surface area contributed by atoms with E-state index in [1.54, 1.807) is 23.9 Å². The number of nitrogens with one attached hydrogen (secondary N) is 1. The number of amides is 1. The van der Waals surface area contributed by atoms with E-state index >= 15 is 0 Å². The molecule has 0 fully saturated rings. The highest BCUT2D eigenvalue weighted by atomic mass is 79.9. The fourth-order valence-corrected chi connectivity index (χ4v) is 2.08. The van der Waals surface area contributed by atoms with Gasteiger partial charge in [-0.15, -0.1) is 0 Å². The van der Waals surface area contributed by atoms with Crippen LogP contribution in [0.25, 0.3) is 0 Å². The number of aromatic carboxylic acids is 1. The number of carboxylic acids is 1. The van der Waals surface area contributed by atoms with Crippen LogP contribution in [0.4, 0.5) is 5.82 Å². The van der Waals surface area contributed by atoms with Crippen molar-refractivity contribution in [1.29, 1.82) is 0 Å². The number of carbonyl (C=O) groups is 2. The molecule has 1 amide bonds. The molecule has 0 aromatic carbocycles. The lowest BCUT2D eigenvalue weighted by molar-refractivity contribution is 0.0690. The van der Waals surface area contributed by atoms with E-state index in [0.717, 1.165) is 4.47 Å². The van der Waals surface area contributed by atoms with Gasteiger partial charge in [0.2, 0.25) is 0 Å². The molecule has 0 aliphatic heterocycles. The van der Waals surface area contributed by atoms with Gasteiger partial charge in [-0.05, 0) is 34.1 Å². The van der Waals surface area contributed by atoms with Gasteiger partial charge in [0, 0.05) is 17.7 Å². The average molecular weight is 324 g/mol. The molecule has 0 saturated carbocycles. The molecule has 6 nitrogen and oxygen atoms in total. The normalized spacial score (nSPS) is 10.2. The summed E-state index contributed by atoms with van der Waals surface area (Å²) in [5.74, 6) is -1.30. The monoisotopic (exact) mass is 323 g/mol. The molecule has 0 spiro atoms. The first-order valence-electron chi connectivity index (χ1n) is 5.31. The zero-order valence-corrected chi connectivity index (χ0v) is 11.5. The molecule has 2 rings (SSSR count). The van der Waals surface area contributed by atoms with Crippen LogP contribution in [-0.2, 0) is 7.05 Å². The van der Waals surface area contributed by atoms with Crippen molar-refractivity contribution in [3.63, 3.8) is 0 Å². The van der Waals surface area contributed by atoms with Crippen molar-refractivity contribution in [3.05, 3.63) is 46.3 Å². The van der Waals surface area contributed by atoms with Crippen LogP contribution in [0.2, 0.25) is 0 Å². The van der Waals surface area contributed by atoms with Crippen molar-refractivity contribution >= 4 is 33.6 Å². The molecular weight excluding hydrogens is 314 g/mol.